The summed E-state index contributed by atoms with van der Waals surface area (Å²) in [6.45, 7) is 1.48. The standard InChI is InChI=1S/C27H24N4O3/c1-18(32)29-22-8-3-6-19(14-22)21-12-13-26(28-17-21)30-23-9-5-10-24(16-23)31-27(33)20-7-4-11-25(15-20)34-2/h3-17H,1-2H3,(H,28,30)(H,29,32)(H,31,33). The van der Waals surface area contributed by atoms with E-state index in [9.17, 15) is 9.59 Å². The van der Waals surface area contributed by atoms with Crippen molar-refractivity contribution in [2.45, 2.75) is 6.92 Å². The van der Waals surface area contributed by atoms with Crippen molar-refractivity contribution in [3.8, 4) is 16.9 Å². The van der Waals surface area contributed by atoms with E-state index in [2.05, 4.69) is 20.9 Å². The lowest BCUT2D eigenvalue weighted by molar-refractivity contribution is -0.114. The zero-order valence-electron chi connectivity index (χ0n) is 18.8. The van der Waals surface area contributed by atoms with Crippen molar-refractivity contribution in [1.29, 1.82) is 0 Å². The molecule has 0 aliphatic heterocycles. The monoisotopic (exact) mass is 452 g/mol. The Kier molecular flexibility index (Phi) is 6.84. The molecule has 0 bridgehead atoms. The van der Waals surface area contributed by atoms with Crippen LogP contribution in [-0.4, -0.2) is 23.9 Å². The van der Waals surface area contributed by atoms with Crippen LogP contribution in [-0.2, 0) is 4.79 Å². The third-order valence-corrected chi connectivity index (χ3v) is 5.00. The molecule has 0 saturated carbocycles. The van der Waals surface area contributed by atoms with Gasteiger partial charge in [0.05, 0.1) is 7.11 Å². The minimum atomic E-state index is -0.222. The minimum absolute atomic E-state index is 0.114. The molecule has 1 heterocycles. The second kappa shape index (κ2) is 10.3. The summed E-state index contributed by atoms with van der Waals surface area (Å²) in [6, 6.07) is 25.8. The third kappa shape index (κ3) is 5.77. The molecule has 0 aliphatic carbocycles. The number of ether oxygens (including phenoxy) is 1. The molecule has 34 heavy (non-hydrogen) atoms. The Morgan fingerprint density at radius 2 is 1.50 bits per heavy atom. The molecule has 0 saturated heterocycles. The maximum Gasteiger partial charge on any atom is 0.255 e. The molecule has 0 atom stereocenters. The molecule has 3 N–H and O–H groups in total. The van der Waals surface area contributed by atoms with Crippen molar-refractivity contribution in [3.05, 3.63) is 96.7 Å². The van der Waals surface area contributed by atoms with Gasteiger partial charge in [0.25, 0.3) is 5.91 Å². The number of anilines is 4. The van der Waals surface area contributed by atoms with Crippen LogP contribution in [0, 0.1) is 0 Å². The lowest BCUT2D eigenvalue weighted by Crippen LogP contribution is -2.12. The lowest BCUT2D eigenvalue weighted by Gasteiger charge is -2.11. The van der Waals surface area contributed by atoms with Gasteiger partial charge in [-0.2, -0.15) is 0 Å². The van der Waals surface area contributed by atoms with Crippen molar-refractivity contribution >= 4 is 34.7 Å². The van der Waals surface area contributed by atoms with Crippen LogP contribution in [0.4, 0.5) is 22.9 Å². The molecular weight excluding hydrogens is 428 g/mol. The normalized spacial score (nSPS) is 10.3. The third-order valence-electron chi connectivity index (χ3n) is 5.00. The van der Waals surface area contributed by atoms with E-state index in [-0.39, 0.29) is 11.8 Å². The van der Waals surface area contributed by atoms with Gasteiger partial charge in [0.15, 0.2) is 0 Å². The number of carbonyl (C=O) groups is 2. The first-order valence-electron chi connectivity index (χ1n) is 10.7. The molecule has 3 aromatic carbocycles. The van der Waals surface area contributed by atoms with Gasteiger partial charge in [0.2, 0.25) is 5.91 Å². The number of hydrogen-bond donors (Lipinski definition) is 3. The highest BCUT2D eigenvalue weighted by Crippen LogP contribution is 2.25. The molecular formula is C27H24N4O3. The Bertz CT molecular complexity index is 1320. The van der Waals surface area contributed by atoms with E-state index in [1.807, 2.05) is 60.7 Å². The Morgan fingerprint density at radius 3 is 2.24 bits per heavy atom. The van der Waals surface area contributed by atoms with E-state index < -0.39 is 0 Å². The molecule has 170 valence electrons. The number of benzene rings is 3. The fraction of sp³-hybridized carbons (Fsp3) is 0.0741. The second-order valence-corrected chi connectivity index (χ2v) is 7.59. The van der Waals surface area contributed by atoms with E-state index in [0.29, 0.717) is 22.8 Å². The number of pyridine rings is 1. The highest BCUT2D eigenvalue weighted by atomic mass is 16.5. The van der Waals surface area contributed by atoms with Crippen molar-refractivity contribution in [2.24, 2.45) is 0 Å². The van der Waals surface area contributed by atoms with Crippen LogP contribution in [0.1, 0.15) is 17.3 Å². The number of amides is 2. The molecule has 4 aromatic rings. The molecule has 0 unspecified atom stereocenters. The van der Waals surface area contributed by atoms with Gasteiger partial charge in [-0.3, -0.25) is 9.59 Å². The lowest BCUT2D eigenvalue weighted by atomic mass is 10.1. The van der Waals surface area contributed by atoms with Gasteiger partial charge in [-0.1, -0.05) is 24.3 Å². The summed E-state index contributed by atoms with van der Waals surface area (Å²) in [6.07, 6.45) is 1.77. The zero-order chi connectivity index (χ0) is 23.9. The average molecular weight is 453 g/mol. The highest BCUT2D eigenvalue weighted by Gasteiger charge is 2.08. The fourth-order valence-corrected chi connectivity index (χ4v) is 3.41. The summed E-state index contributed by atoms with van der Waals surface area (Å²) in [5, 5.41) is 8.94. The molecule has 7 nitrogen and oxygen atoms in total. The number of aromatic nitrogens is 1. The van der Waals surface area contributed by atoms with E-state index in [4.69, 9.17) is 4.74 Å². The zero-order valence-corrected chi connectivity index (χ0v) is 18.8. The molecule has 7 heteroatoms. The summed E-state index contributed by atoms with van der Waals surface area (Å²) >= 11 is 0. The van der Waals surface area contributed by atoms with Gasteiger partial charge in [-0.05, 0) is 66.2 Å². The Morgan fingerprint density at radius 1 is 0.765 bits per heavy atom. The Labute approximate surface area is 197 Å². The molecule has 1 aromatic heterocycles. The summed E-state index contributed by atoms with van der Waals surface area (Å²) in [5.41, 5.74) is 4.57. The van der Waals surface area contributed by atoms with Gasteiger partial charge >= 0.3 is 0 Å². The van der Waals surface area contributed by atoms with Crippen LogP contribution >= 0.6 is 0 Å². The number of nitrogens with one attached hydrogen (secondary N) is 3. The van der Waals surface area contributed by atoms with Gasteiger partial charge in [-0.15, -0.1) is 0 Å². The van der Waals surface area contributed by atoms with Crippen LogP contribution in [0.5, 0.6) is 5.75 Å². The van der Waals surface area contributed by atoms with Gasteiger partial charge in [0.1, 0.15) is 11.6 Å². The number of carbonyl (C=O) groups excluding carboxylic acids is 2. The largest absolute Gasteiger partial charge is 0.497 e. The first-order chi connectivity index (χ1) is 16.5. The minimum Gasteiger partial charge on any atom is -0.497 e. The van der Waals surface area contributed by atoms with Crippen LogP contribution in [0.25, 0.3) is 11.1 Å². The molecule has 4 rings (SSSR count). The van der Waals surface area contributed by atoms with Gasteiger partial charge in [0, 0.05) is 41.3 Å². The molecule has 0 spiro atoms. The van der Waals surface area contributed by atoms with Gasteiger partial charge < -0.3 is 20.7 Å². The smallest absolute Gasteiger partial charge is 0.255 e. The summed E-state index contributed by atoms with van der Waals surface area (Å²) in [4.78, 5) is 28.4. The van der Waals surface area contributed by atoms with Crippen molar-refractivity contribution < 1.29 is 14.3 Å². The van der Waals surface area contributed by atoms with Crippen LogP contribution < -0.4 is 20.7 Å². The Balaban J connectivity index is 1.44. The Hall–Kier alpha value is -4.65. The second-order valence-electron chi connectivity index (χ2n) is 7.59. The average Bonchev–Trinajstić information content (AvgIpc) is 2.84. The maximum atomic E-state index is 12.6. The van der Waals surface area contributed by atoms with Crippen molar-refractivity contribution in [3.63, 3.8) is 0 Å². The van der Waals surface area contributed by atoms with Crippen LogP contribution in [0.15, 0.2) is 91.1 Å². The maximum absolute atomic E-state index is 12.6. The number of methoxy groups -OCH3 is 1. The summed E-state index contributed by atoms with van der Waals surface area (Å²) in [5.74, 6) is 0.953. The topological polar surface area (TPSA) is 92.4 Å². The highest BCUT2D eigenvalue weighted by molar-refractivity contribution is 6.04. The van der Waals surface area contributed by atoms with Crippen LogP contribution in [0.2, 0.25) is 0 Å². The number of nitrogens with zero attached hydrogens (tertiary/aromatic N) is 1. The van der Waals surface area contributed by atoms with Crippen molar-refractivity contribution in [2.75, 3.05) is 23.1 Å². The summed E-state index contributed by atoms with van der Waals surface area (Å²) in [7, 11) is 1.57. The van der Waals surface area contributed by atoms with Crippen molar-refractivity contribution in [1.82, 2.24) is 4.98 Å². The molecule has 2 amide bonds. The molecule has 0 radical (unpaired) electrons. The van der Waals surface area contributed by atoms with E-state index >= 15 is 0 Å². The summed E-state index contributed by atoms with van der Waals surface area (Å²) < 4.78 is 5.18. The molecule has 0 fully saturated rings. The first-order valence-corrected chi connectivity index (χ1v) is 10.7. The van der Waals surface area contributed by atoms with E-state index in [0.717, 1.165) is 22.5 Å². The molecule has 0 aliphatic rings. The van der Waals surface area contributed by atoms with E-state index in [1.54, 1.807) is 37.6 Å². The predicted molar refractivity (Wildman–Crippen MR) is 135 cm³/mol. The van der Waals surface area contributed by atoms with Gasteiger partial charge in [-0.25, -0.2) is 4.98 Å². The predicted octanol–water partition coefficient (Wildman–Crippen LogP) is 5.71. The van der Waals surface area contributed by atoms with Crippen LogP contribution in [0.3, 0.4) is 0 Å². The SMILES string of the molecule is COc1cccc(C(=O)Nc2cccc(Nc3ccc(-c4cccc(NC(C)=O)c4)cn3)c2)c1. The quantitative estimate of drug-likeness (QED) is 0.334. The number of hydrogen-bond acceptors (Lipinski definition) is 5. The van der Waals surface area contributed by atoms with E-state index in [1.165, 1.54) is 6.92 Å². The number of rotatable bonds is 7. The fourth-order valence-electron chi connectivity index (χ4n) is 3.41. The first kappa shape index (κ1) is 22.5.